The van der Waals surface area contributed by atoms with Crippen molar-refractivity contribution in [3.63, 3.8) is 0 Å². The maximum absolute atomic E-state index is 12.5. The molecule has 14 heteroatoms. The van der Waals surface area contributed by atoms with Crippen molar-refractivity contribution in [3.8, 4) is 0 Å². The van der Waals surface area contributed by atoms with Gasteiger partial charge in [0, 0.05) is 25.9 Å². The van der Waals surface area contributed by atoms with E-state index in [0.717, 1.165) is 0 Å². The molecule has 0 radical (unpaired) electrons. The van der Waals surface area contributed by atoms with Crippen LogP contribution < -0.4 is 10.6 Å². The van der Waals surface area contributed by atoms with Crippen LogP contribution >= 0.6 is 31.9 Å². The molecular formula is C22H20Br2N4O8. The molecule has 0 aromatic heterocycles. The van der Waals surface area contributed by atoms with Crippen LogP contribution in [0.2, 0.25) is 0 Å². The minimum Gasteiger partial charge on any atom is -0.381 e. The molecule has 4 heterocycles. The summed E-state index contributed by atoms with van der Waals surface area (Å²) >= 11 is 6.44. The van der Waals surface area contributed by atoms with E-state index in [-0.39, 0.29) is 47.6 Å². The number of carbonyl (C=O) groups is 4. The fourth-order valence-corrected chi connectivity index (χ4v) is 6.09. The molecular weight excluding hydrogens is 608 g/mol. The van der Waals surface area contributed by atoms with Gasteiger partial charge in [0.15, 0.2) is 23.4 Å². The van der Waals surface area contributed by atoms with E-state index in [2.05, 4.69) is 52.8 Å². The Morgan fingerprint density at radius 3 is 1.67 bits per heavy atom. The van der Waals surface area contributed by atoms with Crippen LogP contribution in [0.15, 0.2) is 31.4 Å². The first-order valence-corrected chi connectivity index (χ1v) is 13.0. The SMILES string of the molecule is O=C(NCCCCNC(=O)C1=NO[C@@]2(C=C(Br)C(=O)[C@@H]3O[C@@H]32)C1)C1=NO[C@@]2(C=C(Br)C(=O)[C@@H]3O[C@@H]32)C1. The topological polar surface area (TPSA) is 161 Å². The number of carbonyl (C=O) groups excluding carboxylic acids is 4. The molecule has 2 N–H and O–H groups in total. The summed E-state index contributed by atoms with van der Waals surface area (Å²) in [5.74, 6) is -0.953. The quantitative estimate of drug-likeness (QED) is 0.301. The maximum atomic E-state index is 12.5. The van der Waals surface area contributed by atoms with Gasteiger partial charge < -0.3 is 29.8 Å². The summed E-state index contributed by atoms with van der Waals surface area (Å²) in [5.41, 5.74) is -1.37. The molecule has 0 aromatic carbocycles. The zero-order chi connectivity index (χ0) is 25.2. The van der Waals surface area contributed by atoms with E-state index in [9.17, 15) is 19.2 Å². The fourth-order valence-electron chi connectivity index (χ4n) is 4.87. The number of nitrogens with zero attached hydrogens (tertiary/aromatic N) is 2. The van der Waals surface area contributed by atoms with Crippen LogP contribution in [0.5, 0.6) is 0 Å². The standard InChI is InChI=1S/C22H20Br2N4O8/c23-9-5-21(17-15(33-17)13(9)29)7-11(27-35-21)19(31)25-3-1-2-4-26-20(32)12-8-22(36-28-12)6-10(24)14(30)16-18(22)34-16/h5-6,15-18H,1-4,7-8H2,(H,25,31)(H,26,32)/t15-,16-,17-,18-,21-,22-/m0/s1. The molecule has 0 bridgehead atoms. The second kappa shape index (κ2) is 8.57. The number of amides is 2. The number of ketones is 2. The average Bonchev–Trinajstić information content (AvgIpc) is 3.76. The van der Waals surface area contributed by atoms with Gasteiger partial charge in [-0.1, -0.05) is 10.3 Å². The smallest absolute Gasteiger partial charge is 0.269 e. The summed E-state index contributed by atoms with van der Waals surface area (Å²) in [6.07, 6.45) is 2.99. The molecule has 6 atom stereocenters. The van der Waals surface area contributed by atoms with E-state index < -0.39 is 35.6 Å². The first-order valence-electron chi connectivity index (χ1n) is 11.5. The third-order valence-electron chi connectivity index (χ3n) is 6.91. The Kier molecular flexibility index (Phi) is 5.70. The van der Waals surface area contributed by atoms with Crippen molar-refractivity contribution < 1.29 is 38.3 Å². The van der Waals surface area contributed by atoms with Crippen LogP contribution in [0.3, 0.4) is 0 Å². The third kappa shape index (κ3) is 3.94. The summed E-state index contributed by atoms with van der Waals surface area (Å²) in [4.78, 5) is 59.8. The Balaban J connectivity index is 0.900. The summed E-state index contributed by atoms with van der Waals surface area (Å²) < 4.78 is 11.6. The highest BCUT2D eigenvalue weighted by molar-refractivity contribution is 9.12. The van der Waals surface area contributed by atoms with Crippen molar-refractivity contribution in [2.75, 3.05) is 13.1 Å². The number of halogens is 2. The zero-order valence-corrected chi connectivity index (χ0v) is 21.8. The number of nitrogens with one attached hydrogen (secondary N) is 2. The molecule has 36 heavy (non-hydrogen) atoms. The molecule has 2 fully saturated rings. The number of fused-ring (bicyclic) bond motifs is 4. The van der Waals surface area contributed by atoms with Crippen LogP contribution in [0.1, 0.15) is 25.7 Å². The highest BCUT2D eigenvalue weighted by atomic mass is 79.9. The van der Waals surface area contributed by atoms with Gasteiger partial charge in [0.2, 0.25) is 11.6 Å². The predicted octanol–water partition coefficient (Wildman–Crippen LogP) is 0.287. The van der Waals surface area contributed by atoms with Gasteiger partial charge in [0.05, 0.1) is 8.96 Å². The van der Waals surface area contributed by atoms with Crippen LogP contribution in [0, 0.1) is 0 Å². The summed E-state index contributed by atoms with van der Waals surface area (Å²) in [6, 6.07) is 0. The molecule has 6 rings (SSSR count). The van der Waals surface area contributed by atoms with E-state index >= 15 is 0 Å². The van der Waals surface area contributed by atoms with Gasteiger partial charge in [-0.15, -0.1) is 0 Å². The lowest BCUT2D eigenvalue weighted by atomic mass is 9.86. The molecule has 4 aliphatic heterocycles. The van der Waals surface area contributed by atoms with Gasteiger partial charge in [0.1, 0.15) is 23.6 Å². The second-order valence-corrected chi connectivity index (χ2v) is 11.1. The fraction of sp³-hybridized carbons (Fsp3) is 0.545. The molecule has 12 nitrogen and oxygen atoms in total. The van der Waals surface area contributed by atoms with Gasteiger partial charge in [-0.3, -0.25) is 19.2 Å². The minimum atomic E-state index is -0.925. The number of ether oxygens (including phenoxy) is 2. The zero-order valence-electron chi connectivity index (χ0n) is 18.6. The molecule has 2 saturated heterocycles. The Bertz CT molecular complexity index is 1120. The van der Waals surface area contributed by atoms with Crippen LogP contribution in [-0.4, -0.2) is 83.5 Å². The number of hydrogen-bond donors (Lipinski definition) is 2. The third-order valence-corrected chi connectivity index (χ3v) is 8.15. The number of hydrogen-bond acceptors (Lipinski definition) is 10. The van der Waals surface area contributed by atoms with Gasteiger partial charge >= 0.3 is 0 Å². The maximum Gasteiger partial charge on any atom is 0.269 e. The number of epoxide rings is 2. The molecule has 2 spiro atoms. The lowest BCUT2D eigenvalue weighted by Crippen LogP contribution is -2.42. The minimum absolute atomic E-state index is 0.132. The second-order valence-electron chi connectivity index (χ2n) is 9.41. The van der Waals surface area contributed by atoms with Crippen molar-refractivity contribution in [3.05, 3.63) is 21.1 Å². The molecule has 6 aliphatic rings. The lowest BCUT2D eigenvalue weighted by Gasteiger charge is -2.23. The average molecular weight is 628 g/mol. The lowest BCUT2D eigenvalue weighted by molar-refractivity contribution is -0.117. The van der Waals surface area contributed by atoms with Crippen molar-refractivity contribution in [1.29, 1.82) is 0 Å². The van der Waals surface area contributed by atoms with Crippen LogP contribution in [-0.2, 0) is 38.3 Å². The molecule has 190 valence electrons. The summed E-state index contributed by atoms with van der Waals surface area (Å²) in [6.45, 7) is 0.781. The highest BCUT2D eigenvalue weighted by Gasteiger charge is 2.66. The Hall–Kier alpha value is -2.42. The van der Waals surface area contributed by atoms with Crippen molar-refractivity contribution >= 4 is 66.7 Å². The first-order chi connectivity index (χ1) is 17.2. The number of Topliss-reactive ketones (excluding diaryl/α,β-unsaturated/α-hetero) is 2. The van der Waals surface area contributed by atoms with Gasteiger partial charge in [0.25, 0.3) is 11.8 Å². The number of rotatable bonds is 7. The van der Waals surface area contributed by atoms with Crippen LogP contribution in [0.4, 0.5) is 0 Å². The van der Waals surface area contributed by atoms with Gasteiger partial charge in [-0.05, 0) is 56.9 Å². The van der Waals surface area contributed by atoms with E-state index in [0.29, 0.717) is 34.9 Å². The highest BCUT2D eigenvalue weighted by Crippen LogP contribution is 2.49. The molecule has 0 unspecified atom stereocenters. The normalized spacial score (nSPS) is 37.2. The van der Waals surface area contributed by atoms with E-state index in [4.69, 9.17) is 19.1 Å². The summed E-state index contributed by atoms with van der Waals surface area (Å²) in [7, 11) is 0. The van der Waals surface area contributed by atoms with E-state index in [1.807, 2.05) is 0 Å². The van der Waals surface area contributed by atoms with Crippen LogP contribution in [0.25, 0.3) is 0 Å². The Labute approximate surface area is 221 Å². The van der Waals surface area contributed by atoms with Crippen molar-refractivity contribution in [2.24, 2.45) is 10.3 Å². The molecule has 0 aromatic rings. The number of unbranched alkanes of at least 4 members (excludes halogenated alkanes) is 1. The molecule has 2 amide bonds. The predicted molar refractivity (Wildman–Crippen MR) is 128 cm³/mol. The van der Waals surface area contributed by atoms with Crippen molar-refractivity contribution in [1.82, 2.24) is 10.6 Å². The Morgan fingerprint density at radius 1 is 0.833 bits per heavy atom. The summed E-state index contributed by atoms with van der Waals surface area (Å²) in [5, 5.41) is 13.4. The van der Waals surface area contributed by atoms with Crippen molar-refractivity contribution in [2.45, 2.75) is 61.3 Å². The van der Waals surface area contributed by atoms with Gasteiger partial charge in [-0.25, -0.2) is 0 Å². The number of oxime groups is 2. The van der Waals surface area contributed by atoms with E-state index in [1.54, 1.807) is 12.2 Å². The molecule has 2 aliphatic carbocycles. The molecule has 0 saturated carbocycles. The first kappa shape index (κ1) is 23.9. The van der Waals surface area contributed by atoms with Gasteiger partial charge in [-0.2, -0.15) is 0 Å². The largest absolute Gasteiger partial charge is 0.381 e. The van der Waals surface area contributed by atoms with E-state index in [1.165, 1.54) is 0 Å². The Morgan fingerprint density at radius 2 is 1.25 bits per heavy atom. The monoisotopic (exact) mass is 626 g/mol.